The lowest BCUT2D eigenvalue weighted by molar-refractivity contribution is -0.117. The van der Waals surface area contributed by atoms with Crippen LogP contribution in [0.3, 0.4) is 0 Å². The maximum atomic E-state index is 12.4. The van der Waals surface area contributed by atoms with Gasteiger partial charge in [-0.3, -0.25) is 14.8 Å². The van der Waals surface area contributed by atoms with Crippen LogP contribution >= 0.6 is 0 Å². The summed E-state index contributed by atoms with van der Waals surface area (Å²) in [6, 6.07) is 14.5. The van der Waals surface area contributed by atoms with E-state index in [2.05, 4.69) is 31.3 Å². The maximum absolute atomic E-state index is 12.4. The Labute approximate surface area is 148 Å². The Balaban J connectivity index is 2.01. The van der Waals surface area contributed by atoms with Crippen molar-refractivity contribution in [3.8, 4) is 0 Å². The Morgan fingerprint density at radius 1 is 0.960 bits per heavy atom. The van der Waals surface area contributed by atoms with Gasteiger partial charge in [-0.05, 0) is 54.7 Å². The lowest BCUT2D eigenvalue weighted by Crippen LogP contribution is -2.20. The van der Waals surface area contributed by atoms with Crippen molar-refractivity contribution in [3.63, 3.8) is 0 Å². The number of anilines is 1. The van der Waals surface area contributed by atoms with Crippen molar-refractivity contribution >= 4 is 17.5 Å². The third-order valence-corrected chi connectivity index (χ3v) is 4.03. The molecule has 5 heteroatoms. The number of benzene rings is 2. The van der Waals surface area contributed by atoms with Gasteiger partial charge in [0.05, 0.1) is 5.92 Å². The van der Waals surface area contributed by atoms with Crippen molar-refractivity contribution in [2.45, 2.75) is 33.1 Å². The molecule has 0 saturated carbocycles. The topological polar surface area (TPSA) is 78.4 Å². The molecule has 25 heavy (non-hydrogen) atoms. The van der Waals surface area contributed by atoms with Gasteiger partial charge in [-0.2, -0.15) is 0 Å². The molecule has 0 bridgehead atoms. The summed E-state index contributed by atoms with van der Waals surface area (Å²) < 4.78 is 0. The second-order valence-electron chi connectivity index (χ2n) is 6.57. The first-order chi connectivity index (χ1) is 11.9. The molecule has 0 saturated heterocycles. The molecule has 0 aliphatic heterocycles. The number of hydrogen-bond donors (Lipinski definition) is 3. The number of amides is 2. The quantitative estimate of drug-likeness (QED) is 0.553. The summed E-state index contributed by atoms with van der Waals surface area (Å²) in [5.41, 5.74) is 4.71. The molecule has 132 valence electrons. The average Bonchev–Trinajstić information content (AvgIpc) is 2.61. The van der Waals surface area contributed by atoms with E-state index in [0.717, 1.165) is 12.0 Å². The number of nitrogens with one attached hydrogen (secondary N) is 2. The van der Waals surface area contributed by atoms with Gasteiger partial charge in [0.25, 0.3) is 5.91 Å². The molecule has 0 aliphatic rings. The highest BCUT2D eigenvalue weighted by Gasteiger charge is 2.15. The molecule has 0 aromatic heterocycles. The second kappa shape index (κ2) is 8.44. The lowest BCUT2D eigenvalue weighted by Gasteiger charge is -2.14. The molecule has 1 atom stereocenters. The highest BCUT2D eigenvalue weighted by molar-refractivity contribution is 5.97. The van der Waals surface area contributed by atoms with Crippen LogP contribution in [0.4, 0.5) is 5.69 Å². The normalized spacial score (nSPS) is 11.9. The summed E-state index contributed by atoms with van der Waals surface area (Å²) in [6.45, 7) is 6.22. The third-order valence-electron chi connectivity index (χ3n) is 4.03. The highest BCUT2D eigenvalue weighted by atomic mass is 16.5. The van der Waals surface area contributed by atoms with Crippen LogP contribution in [0.2, 0.25) is 0 Å². The van der Waals surface area contributed by atoms with Crippen LogP contribution in [0.25, 0.3) is 0 Å². The van der Waals surface area contributed by atoms with Gasteiger partial charge in [0.2, 0.25) is 5.91 Å². The zero-order chi connectivity index (χ0) is 18.4. The molecular formula is C20H24N2O3. The number of carbonyl (C=O) groups is 2. The van der Waals surface area contributed by atoms with Gasteiger partial charge in [-0.25, -0.2) is 5.48 Å². The molecule has 5 nitrogen and oxygen atoms in total. The summed E-state index contributed by atoms with van der Waals surface area (Å²) in [7, 11) is 0. The Kier molecular flexibility index (Phi) is 6.31. The SMILES string of the molecule is CC(C)Cc1ccc(C(C)C(=O)Nc2ccc(C(=O)NO)cc2)cc1. The van der Waals surface area contributed by atoms with E-state index >= 15 is 0 Å². The van der Waals surface area contributed by atoms with Crippen LogP contribution in [0.15, 0.2) is 48.5 Å². The fraction of sp³-hybridized carbons (Fsp3) is 0.300. The van der Waals surface area contributed by atoms with Crippen molar-refractivity contribution in [2.24, 2.45) is 5.92 Å². The largest absolute Gasteiger partial charge is 0.326 e. The summed E-state index contributed by atoms with van der Waals surface area (Å²) in [5.74, 6) is -0.389. The first-order valence-corrected chi connectivity index (χ1v) is 8.35. The Bertz CT molecular complexity index is 722. The fourth-order valence-electron chi connectivity index (χ4n) is 2.59. The van der Waals surface area contributed by atoms with Crippen molar-refractivity contribution in [2.75, 3.05) is 5.32 Å². The van der Waals surface area contributed by atoms with Gasteiger partial charge < -0.3 is 5.32 Å². The van der Waals surface area contributed by atoms with E-state index in [1.165, 1.54) is 17.7 Å². The molecule has 2 aromatic rings. The van der Waals surface area contributed by atoms with Crippen molar-refractivity contribution in [1.29, 1.82) is 0 Å². The van der Waals surface area contributed by atoms with Crippen LogP contribution in [0.5, 0.6) is 0 Å². The summed E-state index contributed by atoms with van der Waals surface area (Å²) in [4.78, 5) is 23.7. The number of rotatable bonds is 6. The fourth-order valence-corrected chi connectivity index (χ4v) is 2.59. The molecule has 3 N–H and O–H groups in total. The Morgan fingerprint density at radius 3 is 2.08 bits per heavy atom. The van der Waals surface area contributed by atoms with E-state index in [1.54, 1.807) is 17.6 Å². The van der Waals surface area contributed by atoms with Crippen LogP contribution in [-0.4, -0.2) is 17.0 Å². The van der Waals surface area contributed by atoms with Crippen LogP contribution in [-0.2, 0) is 11.2 Å². The van der Waals surface area contributed by atoms with E-state index in [1.807, 2.05) is 19.1 Å². The summed E-state index contributed by atoms with van der Waals surface area (Å²) >= 11 is 0. The summed E-state index contributed by atoms with van der Waals surface area (Å²) in [5, 5.41) is 11.4. The standard InChI is InChI=1S/C20H24N2O3/c1-13(2)12-15-4-6-16(7-5-15)14(3)19(23)21-18-10-8-17(9-11-18)20(24)22-25/h4-11,13-14,25H,12H2,1-3H3,(H,21,23)(H,22,24). The van der Waals surface area contributed by atoms with Crippen LogP contribution < -0.4 is 10.8 Å². The smallest absolute Gasteiger partial charge is 0.274 e. The van der Waals surface area contributed by atoms with Gasteiger partial charge in [-0.15, -0.1) is 0 Å². The van der Waals surface area contributed by atoms with Gasteiger partial charge in [0.15, 0.2) is 0 Å². The first-order valence-electron chi connectivity index (χ1n) is 8.35. The first kappa shape index (κ1) is 18.7. The van der Waals surface area contributed by atoms with E-state index < -0.39 is 5.91 Å². The molecule has 0 aliphatic carbocycles. The highest BCUT2D eigenvalue weighted by Crippen LogP contribution is 2.20. The van der Waals surface area contributed by atoms with Crippen LogP contribution in [0.1, 0.15) is 48.2 Å². The minimum absolute atomic E-state index is 0.115. The van der Waals surface area contributed by atoms with Crippen molar-refractivity contribution in [1.82, 2.24) is 5.48 Å². The van der Waals surface area contributed by atoms with E-state index in [9.17, 15) is 9.59 Å². The predicted octanol–water partition coefficient (Wildman–Crippen LogP) is 3.75. The molecule has 2 aromatic carbocycles. The zero-order valence-electron chi connectivity index (χ0n) is 14.7. The number of hydroxylamine groups is 1. The lowest BCUT2D eigenvalue weighted by atomic mass is 9.96. The second-order valence-corrected chi connectivity index (χ2v) is 6.57. The molecule has 2 rings (SSSR count). The molecule has 0 fully saturated rings. The number of hydrogen-bond acceptors (Lipinski definition) is 3. The monoisotopic (exact) mass is 340 g/mol. The minimum Gasteiger partial charge on any atom is -0.326 e. The van der Waals surface area contributed by atoms with Gasteiger partial charge in [0, 0.05) is 11.3 Å². The number of carbonyl (C=O) groups excluding carboxylic acids is 2. The molecule has 0 heterocycles. The van der Waals surface area contributed by atoms with Gasteiger partial charge in [-0.1, -0.05) is 38.1 Å². The predicted molar refractivity (Wildman–Crippen MR) is 97.7 cm³/mol. The third kappa shape index (κ3) is 5.16. The van der Waals surface area contributed by atoms with Crippen molar-refractivity contribution < 1.29 is 14.8 Å². The van der Waals surface area contributed by atoms with Gasteiger partial charge in [0.1, 0.15) is 0 Å². The molecule has 0 spiro atoms. The van der Waals surface area contributed by atoms with Crippen molar-refractivity contribution in [3.05, 3.63) is 65.2 Å². The van der Waals surface area contributed by atoms with Gasteiger partial charge >= 0.3 is 0 Å². The van der Waals surface area contributed by atoms with Crippen LogP contribution in [0, 0.1) is 5.92 Å². The minimum atomic E-state index is -0.590. The van der Waals surface area contributed by atoms with E-state index in [0.29, 0.717) is 17.2 Å². The molecule has 1 unspecified atom stereocenters. The Morgan fingerprint density at radius 2 is 1.56 bits per heavy atom. The Hall–Kier alpha value is -2.66. The molecule has 2 amide bonds. The molecule has 0 radical (unpaired) electrons. The molecular weight excluding hydrogens is 316 g/mol. The maximum Gasteiger partial charge on any atom is 0.274 e. The zero-order valence-corrected chi connectivity index (χ0v) is 14.7. The van der Waals surface area contributed by atoms with E-state index in [4.69, 9.17) is 5.21 Å². The summed E-state index contributed by atoms with van der Waals surface area (Å²) in [6.07, 6.45) is 1.02. The average molecular weight is 340 g/mol. The van der Waals surface area contributed by atoms with E-state index in [-0.39, 0.29) is 11.8 Å².